The highest BCUT2D eigenvalue weighted by atomic mass is 16.3. The maximum Gasteiger partial charge on any atom is 0.268 e. The number of aromatic nitrogens is 3. The minimum atomic E-state index is -0.456. The van der Waals surface area contributed by atoms with Gasteiger partial charge in [0.2, 0.25) is 0 Å². The highest BCUT2D eigenvalue weighted by molar-refractivity contribution is 5.94. The summed E-state index contributed by atoms with van der Waals surface area (Å²) in [6, 6.07) is 10.7. The van der Waals surface area contributed by atoms with Gasteiger partial charge in [-0.1, -0.05) is 37.3 Å². The Balaban J connectivity index is 1.81. The average Bonchev–Trinajstić information content (AvgIpc) is 3.17. The standard InChI is InChI=1S/C20H22N4O2/c1-3-14-10-21-13(2)23-19(14)16-9-17(22-11-16)20(26)24-18(12-25)15-7-5-4-6-8-15/h4-11,18,22,25H,3,12H2,1-2H3,(H,24,26)/t18-/m0/s1. The number of amides is 1. The first kappa shape index (κ1) is 17.8. The summed E-state index contributed by atoms with van der Waals surface area (Å²) >= 11 is 0. The summed E-state index contributed by atoms with van der Waals surface area (Å²) in [4.78, 5) is 24.3. The van der Waals surface area contributed by atoms with Gasteiger partial charge >= 0.3 is 0 Å². The summed E-state index contributed by atoms with van der Waals surface area (Å²) < 4.78 is 0. The molecule has 2 heterocycles. The van der Waals surface area contributed by atoms with Crippen molar-refractivity contribution in [3.8, 4) is 11.3 Å². The van der Waals surface area contributed by atoms with Crippen molar-refractivity contribution in [2.75, 3.05) is 6.61 Å². The molecule has 3 N–H and O–H groups in total. The number of aliphatic hydroxyl groups is 1. The smallest absolute Gasteiger partial charge is 0.268 e. The number of hydrogen-bond donors (Lipinski definition) is 3. The van der Waals surface area contributed by atoms with Gasteiger partial charge in [-0.25, -0.2) is 9.97 Å². The Morgan fingerprint density at radius 1 is 1.31 bits per heavy atom. The lowest BCUT2D eigenvalue weighted by Gasteiger charge is -2.16. The molecule has 26 heavy (non-hydrogen) atoms. The predicted octanol–water partition coefficient (Wildman–Crippen LogP) is 2.81. The molecule has 0 unspecified atom stereocenters. The predicted molar refractivity (Wildman–Crippen MR) is 99.7 cm³/mol. The van der Waals surface area contributed by atoms with E-state index in [4.69, 9.17) is 0 Å². The monoisotopic (exact) mass is 350 g/mol. The van der Waals surface area contributed by atoms with Crippen LogP contribution in [0.4, 0.5) is 0 Å². The van der Waals surface area contributed by atoms with E-state index in [-0.39, 0.29) is 12.5 Å². The van der Waals surface area contributed by atoms with E-state index < -0.39 is 6.04 Å². The summed E-state index contributed by atoms with van der Waals surface area (Å²) in [5, 5.41) is 12.5. The van der Waals surface area contributed by atoms with Gasteiger partial charge in [0.05, 0.1) is 18.3 Å². The molecule has 0 spiro atoms. The molecule has 134 valence electrons. The Bertz CT molecular complexity index is 890. The van der Waals surface area contributed by atoms with Crippen molar-refractivity contribution in [1.82, 2.24) is 20.3 Å². The van der Waals surface area contributed by atoms with Crippen LogP contribution in [-0.4, -0.2) is 32.6 Å². The molecule has 0 fully saturated rings. The lowest BCUT2D eigenvalue weighted by Crippen LogP contribution is -2.30. The minimum Gasteiger partial charge on any atom is -0.394 e. The number of H-pyrrole nitrogens is 1. The van der Waals surface area contributed by atoms with Crippen LogP contribution in [0.2, 0.25) is 0 Å². The fourth-order valence-electron chi connectivity index (χ4n) is 2.82. The summed E-state index contributed by atoms with van der Waals surface area (Å²) in [5.74, 6) is 0.414. The summed E-state index contributed by atoms with van der Waals surface area (Å²) in [6.07, 6.45) is 4.40. The first-order valence-electron chi connectivity index (χ1n) is 8.60. The largest absolute Gasteiger partial charge is 0.394 e. The fourth-order valence-corrected chi connectivity index (χ4v) is 2.82. The van der Waals surface area contributed by atoms with Gasteiger partial charge in [-0.2, -0.15) is 0 Å². The molecule has 2 aromatic heterocycles. The Kier molecular flexibility index (Phi) is 5.43. The quantitative estimate of drug-likeness (QED) is 0.637. The van der Waals surface area contributed by atoms with E-state index in [2.05, 4.69) is 20.3 Å². The molecule has 0 bridgehead atoms. The van der Waals surface area contributed by atoms with E-state index in [0.717, 1.165) is 28.8 Å². The van der Waals surface area contributed by atoms with E-state index in [0.29, 0.717) is 11.5 Å². The normalized spacial score (nSPS) is 12.0. The van der Waals surface area contributed by atoms with Gasteiger partial charge in [-0.05, 0) is 30.5 Å². The van der Waals surface area contributed by atoms with E-state index in [9.17, 15) is 9.90 Å². The number of nitrogens with one attached hydrogen (secondary N) is 2. The van der Waals surface area contributed by atoms with Gasteiger partial charge in [0.25, 0.3) is 5.91 Å². The van der Waals surface area contributed by atoms with Gasteiger partial charge in [0, 0.05) is 18.0 Å². The molecule has 1 atom stereocenters. The third kappa shape index (κ3) is 3.81. The second kappa shape index (κ2) is 7.93. The van der Waals surface area contributed by atoms with E-state index >= 15 is 0 Å². The van der Waals surface area contributed by atoms with Crippen LogP contribution in [-0.2, 0) is 6.42 Å². The molecule has 1 amide bonds. The molecule has 0 radical (unpaired) electrons. The zero-order valence-electron chi connectivity index (χ0n) is 14.9. The van der Waals surface area contributed by atoms with Crippen molar-refractivity contribution in [3.05, 3.63) is 71.4 Å². The SMILES string of the molecule is CCc1cnc(C)nc1-c1c[nH]c(C(=O)N[C@@H](CO)c2ccccc2)c1. The van der Waals surface area contributed by atoms with Crippen LogP contribution in [0.1, 0.15) is 40.4 Å². The van der Waals surface area contributed by atoms with Crippen LogP contribution in [0.3, 0.4) is 0 Å². The van der Waals surface area contributed by atoms with Crippen molar-refractivity contribution in [3.63, 3.8) is 0 Å². The Hall–Kier alpha value is -2.99. The second-order valence-electron chi connectivity index (χ2n) is 6.07. The molecule has 6 heteroatoms. The van der Waals surface area contributed by atoms with Gasteiger partial charge in [-0.3, -0.25) is 4.79 Å². The lowest BCUT2D eigenvalue weighted by atomic mass is 10.1. The third-order valence-electron chi connectivity index (χ3n) is 4.26. The van der Waals surface area contributed by atoms with E-state index in [1.807, 2.05) is 50.4 Å². The van der Waals surface area contributed by atoms with Crippen LogP contribution in [0.5, 0.6) is 0 Å². The first-order chi connectivity index (χ1) is 12.6. The zero-order valence-corrected chi connectivity index (χ0v) is 14.9. The molecule has 0 aliphatic carbocycles. The van der Waals surface area contributed by atoms with E-state index in [1.165, 1.54) is 0 Å². The molecular weight excluding hydrogens is 328 g/mol. The number of rotatable bonds is 6. The summed E-state index contributed by atoms with van der Waals surface area (Å²) in [5.41, 5.74) is 3.98. The number of carbonyl (C=O) groups excluding carboxylic acids is 1. The summed E-state index contributed by atoms with van der Waals surface area (Å²) in [7, 11) is 0. The highest BCUT2D eigenvalue weighted by Crippen LogP contribution is 2.23. The number of carbonyl (C=O) groups is 1. The molecule has 6 nitrogen and oxygen atoms in total. The topological polar surface area (TPSA) is 90.9 Å². The van der Waals surface area contributed by atoms with Crippen molar-refractivity contribution < 1.29 is 9.90 Å². The van der Waals surface area contributed by atoms with Crippen molar-refractivity contribution in [1.29, 1.82) is 0 Å². The number of aromatic amines is 1. The first-order valence-corrected chi connectivity index (χ1v) is 8.60. The molecule has 3 aromatic rings. The van der Waals surface area contributed by atoms with Gasteiger partial charge in [-0.15, -0.1) is 0 Å². The maximum atomic E-state index is 12.6. The molecular formula is C20H22N4O2. The fraction of sp³-hybridized carbons (Fsp3) is 0.250. The number of nitrogens with zero attached hydrogens (tertiary/aromatic N) is 2. The van der Waals surface area contributed by atoms with Crippen LogP contribution in [0.25, 0.3) is 11.3 Å². The zero-order chi connectivity index (χ0) is 18.5. The van der Waals surface area contributed by atoms with Crippen LogP contribution in [0.15, 0.2) is 48.8 Å². The molecule has 0 aliphatic rings. The maximum absolute atomic E-state index is 12.6. The molecule has 0 aliphatic heterocycles. The molecule has 3 rings (SSSR count). The Morgan fingerprint density at radius 3 is 2.77 bits per heavy atom. The number of aryl methyl sites for hydroxylation is 2. The molecule has 1 aromatic carbocycles. The van der Waals surface area contributed by atoms with Gasteiger partial charge in [0.15, 0.2) is 0 Å². The Morgan fingerprint density at radius 2 is 2.08 bits per heavy atom. The molecule has 0 saturated heterocycles. The van der Waals surface area contributed by atoms with Gasteiger partial charge < -0.3 is 15.4 Å². The lowest BCUT2D eigenvalue weighted by molar-refractivity contribution is 0.0912. The second-order valence-corrected chi connectivity index (χ2v) is 6.07. The van der Waals surface area contributed by atoms with Crippen LogP contribution < -0.4 is 5.32 Å². The summed E-state index contributed by atoms with van der Waals surface area (Å²) in [6.45, 7) is 3.72. The van der Waals surface area contributed by atoms with E-state index in [1.54, 1.807) is 12.3 Å². The molecule has 0 saturated carbocycles. The van der Waals surface area contributed by atoms with Crippen molar-refractivity contribution in [2.24, 2.45) is 0 Å². The Labute approximate surface area is 152 Å². The minimum absolute atomic E-state index is 0.172. The number of benzene rings is 1. The number of hydrogen-bond acceptors (Lipinski definition) is 4. The van der Waals surface area contributed by atoms with Crippen LogP contribution in [0, 0.1) is 6.92 Å². The third-order valence-corrected chi connectivity index (χ3v) is 4.26. The van der Waals surface area contributed by atoms with Crippen molar-refractivity contribution >= 4 is 5.91 Å². The van der Waals surface area contributed by atoms with Gasteiger partial charge in [0.1, 0.15) is 11.5 Å². The van der Waals surface area contributed by atoms with Crippen LogP contribution >= 0.6 is 0 Å². The highest BCUT2D eigenvalue weighted by Gasteiger charge is 2.17. The number of aliphatic hydroxyl groups excluding tert-OH is 1. The average molecular weight is 350 g/mol. The van der Waals surface area contributed by atoms with Crippen molar-refractivity contribution in [2.45, 2.75) is 26.3 Å².